The van der Waals surface area contributed by atoms with Gasteiger partial charge >= 0.3 is 0 Å². The van der Waals surface area contributed by atoms with Crippen LogP contribution < -0.4 is 5.73 Å². The lowest BCUT2D eigenvalue weighted by molar-refractivity contribution is -0.136. The molecule has 1 amide bonds. The van der Waals surface area contributed by atoms with E-state index in [1.54, 1.807) is 18.2 Å². The summed E-state index contributed by atoms with van der Waals surface area (Å²) in [7, 11) is 0. The van der Waals surface area contributed by atoms with E-state index in [1.807, 2.05) is 24.8 Å². The average molecular weight is 313 g/mol. The van der Waals surface area contributed by atoms with Crippen LogP contribution >= 0.6 is 12.4 Å². The third-order valence-corrected chi connectivity index (χ3v) is 3.95. The van der Waals surface area contributed by atoms with Gasteiger partial charge < -0.3 is 15.7 Å². The van der Waals surface area contributed by atoms with Crippen LogP contribution in [0.4, 0.5) is 0 Å². The van der Waals surface area contributed by atoms with E-state index in [9.17, 15) is 9.90 Å². The Balaban J connectivity index is 0.00000220. The molecule has 0 aliphatic heterocycles. The van der Waals surface area contributed by atoms with E-state index < -0.39 is 0 Å². The largest absolute Gasteiger partial charge is 0.508 e. The van der Waals surface area contributed by atoms with Crippen molar-refractivity contribution in [2.75, 3.05) is 6.54 Å². The Kier molecular flexibility index (Phi) is 6.49. The maximum Gasteiger partial charge on any atom is 0.227 e. The number of benzene rings is 1. The predicted molar refractivity (Wildman–Crippen MR) is 86.3 cm³/mol. The van der Waals surface area contributed by atoms with Gasteiger partial charge in [0, 0.05) is 19.1 Å². The SMILES string of the molecule is CC(N)C(C)C(=O)N(Cc1cccc(O)c1)CC1CC1.Cl. The number of amides is 1. The van der Waals surface area contributed by atoms with E-state index in [4.69, 9.17) is 5.73 Å². The molecule has 2 rings (SSSR count). The highest BCUT2D eigenvalue weighted by Crippen LogP contribution is 2.31. The van der Waals surface area contributed by atoms with Crippen molar-refractivity contribution < 1.29 is 9.90 Å². The molecule has 1 aliphatic rings. The second-order valence-electron chi connectivity index (χ2n) is 5.98. The van der Waals surface area contributed by atoms with Gasteiger partial charge in [0.2, 0.25) is 5.91 Å². The molecule has 5 heteroatoms. The molecular weight excluding hydrogens is 288 g/mol. The summed E-state index contributed by atoms with van der Waals surface area (Å²) >= 11 is 0. The Morgan fingerprint density at radius 3 is 2.62 bits per heavy atom. The number of carbonyl (C=O) groups is 1. The lowest BCUT2D eigenvalue weighted by atomic mass is 10.0. The van der Waals surface area contributed by atoms with Crippen molar-refractivity contribution in [3.8, 4) is 5.75 Å². The Morgan fingerprint density at radius 1 is 1.43 bits per heavy atom. The topological polar surface area (TPSA) is 66.6 Å². The Bertz CT molecular complexity index is 475. The summed E-state index contributed by atoms with van der Waals surface area (Å²) in [5, 5.41) is 9.53. The number of rotatable bonds is 6. The number of halogens is 1. The first-order valence-corrected chi connectivity index (χ1v) is 7.29. The first-order chi connectivity index (χ1) is 9.47. The number of carbonyl (C=O) groups excluding carboxylic acids is 1. The predicted octanol–water partition coefficient (Wildman–Crippen LogP) is 2.54. The van der Waals surface area contributed by atoms with Crippen LogP contribution in [0.2, 0.25) is 0 Å². The fourth-order valence-corrected chi connectivity index (χ4v) is 2.23. The van der Waals surface area contributed by atoms with Crippen LogP contribution in [0, 0.1) is 11.8 Å². The van der Waals surface area contributed by atoms with Crippen LogP contribution in [0.3, 0.4) is 0 Å². The van der Waals surface area contributed by atoms with Gasteiger partial charge in [-0.15, -0.1) is 12.4 Å². The lowest BCUT2D eigenvalue weighted by Gasteiger charge is -2.27. The molecule has 0 radical (unpaired) electrons. The minimum atomic E-state index is -0.175. The highest BCUT2D eigenvalue weighted by Gasteiger charge is 2.30. The van der Waals surface area contributed by atoms with Crippen molar-refractivity contribution in [3.05, 3.63) is 29.8 Å². The molecule has 0 bridgehead atoms. The van der Waals surface area contributed by atoms with E-state index in [0.717, 1.165) is 12.1 Å². The van der Waals surface area contributed by atoms with Gasteiger partial charge in [-0.25, -0.2) is 0 Å². The summed E-state index contributed by atoms with van der Waals surface area (Å²) in [4.78, 5) is 14.4. The minimum Gasteiger partial charge on any atom is -0.508 e. The highest BCUT2D eigenvalue weighted by molar-refractivity contribution is 5.85. The molecule has 3 N–H and O–H groups in total. The fraction of sp³-hybridized carbons (Fsp3) is 0.562. The molecule has 118 valence electrons. The van der Waals surface area contributed by atoms with Gasteiger partial charge in [-0.3, -0.25) is 4.79 Å². The monoisotopic (exact) mass is 312 g/mol. The second kappa shape index (κ2) is 7.66. The summed E-state index contributed by atoms with van der Waals surface area (Å²) < 4.78 is 0. The summed E-state index contributed by atoms with van der Waals surface area (Å²) in [6.45, 7) is 5.09. The van der Waals surface area contributed by atoms with Crippen LogP contribution in [-0.2, 0) is 11.3 Å². The molecule has 1 aromatic rings. The second-order valence-corrected chi connectivity index (χ2v) is 5.98. The number of phenols is 1. The van der Waals surface area contributed by atoms with Crippen molar-refractivity contribution in [1.29, 1.82) is 0 Å². The minimum absolute atomic E-state index is 0. The zero-order valence-corrected chi connectivity index (χ0v) is 13.5. The molecule has 0 aromatic heterocycles. The van der Waals surface area contributed by atoms with Crippen molar-refractivity contribution in [1.82, 2.24) is 4.90 Å². The van der Waals surface area contributed by atoms with Crippen LogP contribution in [0.1, 0.15) is 32.3 Å². The van der Waals surface area contributed by atoms with Gasteiger partial charge in [0.15, 0.2) is 0 Å². The lowest BCUT2D eigenvalue weighted by Crippen LogP contribution is -2.42. The standard InChI is InChI=1S/C16H24N2O2.ClH/c1-11(12(2)17)16(20)18(9-13-6-7-13)10-14-4-3-5-15(19)8-14;/h3-5,8,11-13,19H,6-7,9-10,17H2,1-2H3;1H. The quantitative estimate of drug-likeness (QED) is 0.848. The van der Waals surface area contributed by atoms with E-state index in [0.29, 0.717) is 12.5 Å². The van der Waals surface area contributed by atoms with Gasteiger partial charge in [-0.05, 0) is 43.4 Å². The summed E-state index contributed by atoms with van der Waals surface area (Å²) in [5.41, 5.74) is 6.81. The average Bonchev–Trinajstić information content (AvgIpc) is 3.20. The third kappa shape index (κ3) is 5.21. The molecule has 0 heterocycles. The number of nitrogens with two attached hydrogens (primary N) is 1. The molecule has 1 aliphatic carbocycles. The zero-order valence-electron chi connectivity index (χ0n) is 12.7. The highest BCUT2D eigenvalue weighted by atomic mass is 35.5. The summed E-state index contributed by atoms with van der Waals surface area (Å²) in [6, 6.07) is 6.95. The Morgan fingerprint density at radius 2 is 2.10 bits per heavy atom. The number of hydrogen-bond donors (Lipinski definition) is 2. The van der Waals surface area contributed by atoms with Crippen molar-refractivity contribution in [2.45, 2.75) is 39.3 Å². The fourth-order valence-electron chi connectivity index (χ4n) is 2.23. The molecule has 0 saturated heterocycles. The molecule has 21 heavy (non-hydrogen) atoms. The maximum absolute atomic E-state index is 12.5. The number of aromatic hydroxyl groups is 1. The first-order valence-electron chi connectivity index (χ1n) is 7.29. The van der Waals surface area contributed by atoms with Gasteiger partial charge in [0.25, 0.3) is 0 Å². The third-order valence-electron chi connectivity index (χ3n) is 3.95. The molecule has 2 unspecified atom stereocenters. The van der Waals surface area contributed by atoms with Crippen molar-refractivity contribution in [2.24, 2.45) is 17.6 Å². The van der Waals surface area contributed by atoms with E-state index in [2.05, 4.69) is 0 Å². The summed E-state index contributed by atoms with van der Waals surface area (Å²) in [5.74, 6) is 0.805. The van der Waals surface area contributed by atoms with E-state index >= 15 is 0 Å². The van der Waals surface area contributed by atoms with Crippen LogP contribution in [0.25, 0.3) is 0 Å². The van der Waals surface area contributed by atoms with Gasteiger partial charge in [-0.1, -0.05) is 19.1 Å². The molecular formula is C16H25ClN2O2. The molecule has 4 nitrogen and oxygen atoms in total. The molecule has 2 atom stereocenters. The van der Waals surface area contributed by atoms with Crippen LogP contribution in [0.5, 0.6) is 5.75 Å². The van der Waals surface area contributed by atoms with Gasteiger partial charge in [0.05, 0.1) is 5.92 Å². The smallest absolute Gasteiger partial charge is 0.227 e. The Labute approximate surface area is 132 Å². The number of phenolic OH excluding ortho intramolecular Hbond substituents is 1. The molecule has 0 spiro atoms. The van der Waals surface area contributed by atoms with Crippen LogP contribution in [-0.4, -0.2) is 28.5 Å². The first kappa shape index (κ1) is 17.8. The Hall–Kier alpha value is -1.26. The normalized spacial score (nSPS) is 16.7. The molecule has 1 fully saturated rings. The maximum atomic E-state index is 12.5. The molecule has 1 saturated carbocycles. The van der Waals surface area contributed by atoms with Crippen LogP contribution in [0.15, 0.2) is 24.3 Å². The number of hydrogen-bond acceptors (Lipinski definition) is 3. The van der Waals surface area contributed by atoms with Gasteiger partial charge in [0.1, 0.15) is 5.75 Å². The van der Waals surface area contributed by atoms with E-state index in [-0.39, 0.29) is 36.0 Å². The summed E-state index contributed by atoms with van der Waals surface area (Å²) in [6.07, 6.45) is 2.41. The van der Waals surface area contributed by atoms with Crippen molar-refractivity contribution in [3.63, 3.8) is 0 Å². The zero-order chi connectivity index (χ0) is 14.7. The van der Waals surface area contributed by atoms with E-state index in [1.165, 1.54) is 12.8 Å². The molecule has 1 aromatic carbocycles. The van der Waals surface area contributed by atoms with Crippen molar-refractivity contribution >= 4 is 18.3 Å². The van der Waals surface area contributed by atoms with Gasteiger partial charge in [-0.2, -0.15) is 0 Å². The number of nitrogens with zero attached hydrogens (tertiary/aromatic N) is 1.